The minimum atomic E-state index is -0.271. The van der Waals surface area contributed by atoms with E-state index in [1.165, 1.54) is 0 Å². The Morgan fingerprint density at radius 3 is 2.61 bits per heavy atom. The first-order valence-corrected chi connectivity index (χ1v) is 10.9. The van der Waals surface area contributed by atoms with Gasteiger partial charge < -0.3 is 14.5 Å². The van der Waals surface area contributed by atoms with Crippen molar-refractivity contribution >= 4 is 17.5 Å². The van der Waals surface area contributed by atoms with Crippen LogP contribution in [0.2, 0.25) is 5.02 Å². The fraction of sp³-hybridized carbons (Fsp3) is 0.417. The first kappa shape index (κ1) is 22.9. The SMILES string of the molecule is CCn1cc(C(C)NC(=O)c2ccc(COc3cc(C)c(Cl)cc3C(C)C)o2)c(C)n1. The third kappa shape index (κ3) is 5.31. The van der Waals surface area contributed by atoms with Gasteiger partial charge in [-0.3, -0.25) is 9.48 Å². The molecule has 0 aliphatic heterocycles. The second kappa shape index (κ2) is 9.60. The van der Waals surface area contributed by atoms with Crippen molar-refractivity contribution < 1.29 is 13.9 Å². The van der Waals surface area contributed by atoms with Gasteiger partial charge in [-0.15, -0.1) is 0 Å². The minimum absolute atomic E-state index is 0.178. The summed E-state index contributed by atoms with van der Waals surface area (Å²) in [5.41, 5.74) is 3.89. The molecule has 2 heterocycles. The highest BCUT2D eigenvalue weighted by atomic mass is 35.5. The predicted octanol–water partition coefficient (Wildman–Crippen LogP) is 5.96. The summed E-state index contributed by atoms with van der Waals surface area (Å²) in [6.45, 7) is 13.1. The van der Waals surface area contributed by atoms with E-state index in [0.29, 0.717) is 5.76 Å². The lowest BCUT2D eigenvalue weighted by Crippen LogP contribution is -2.26. The monoisotopic (exact) mass is 443 g/mol. The van der Waals surface area contributed by atoms with Crippen molar-refractivity contribution in [2.45, 2.75) is 66.7 Å². The number of ether oxygens (including phenoxy) is 1. The lowest BCUT2D eigenvalue weighted by atomic mass is 10.0. The number of benzene rings is 1. The number of rotatable bonds is 8. The number of halogens is 1. The van der Waals surface area contributed by atoms with Gasteiger partial charge in [0.15, 0.2) is 5.76 Å². The second-order valence-corrected chi connectivity index (χ2v) is 8.48. The van der Waals surface area contributed by atoms with Crippen molar-refractivity contribution in [1.29, 1.82) is 0 Å². The number of furan rings is 1. The molecule has 0 aliphatic rings. The maximum absolute atomic E-state index is 12.6. The molecule has 1 amide bonds. The van der Waals surface area contributed by atoms with Crippen molar-refractivity contribution in [3.8, 4) is 5.75 Å². The highest BCUT2D eigenvalue weighted by Gasteiger charge is 2.19. The van der Waals surface area contributed by atoms with E-state index in [1.807, 2.05) is 50.7 Å². The zero-order valence-electron chi connectivity index (χ0n) is 19.0. The molecule has 0 bridgehead atoms. The normalized spacial score (nSPS) is 12.3. The van der Waals surface area contributed by atoms with Crippen LogP contribution in [0.5, 0.6) is 5.75 Å². The van der Waals surface area contributed by atoms with Crippen LogP contribution in [0.15, 0.2) is 34.9 Å². The maximum atomic E-state index is 12.6. The molecule has 1 N–H and O–H groups in total. The fourth-order valence-electron chi connectivity index (χ4n) is 3.44. The van der Waals surface area contributed by atoms with Crippen molar-refractivity contribution in [2.75, 3.05) is 0 Å². The molecule has 0 saturated heterocycles. The molecule has 1 unspecified atom stereocenters. The van der Waals surface area contributed by atoms with Gasteiger partial charge in [-0.25, -0.2) is 0 Å². The highest BCUT2D eigenvalue weighted by Crippen LogP contribution is 2.32. The third-order valence-electron chi connectivity index (χ3n) is 5.29. The van der Waals surface area contributed by atoms with Gasteiger partial charge in [0.25, 0.3) is 5.91 Å². The molecule has 3 aromatic rings. The molecule has 0 saturated carbocycles. The van der Waals surface area contributed by atoms with E-state index in [9.17, 15) is 4.79 Å². The molecule has 0 spiro atoms. The number of hydrogen-bond donors (Lipinski definition) is 1. The molecule has 1 aromatic carbocycles. The van der Waals surface area contributed by atoms with Crippen LogP contribution in [-0.4, -0.2) is 15.7 Å². The Kier molecular flexibility index (Phi) is 7.11. The minimum Gasteiger partial charge on any atom is -0.485 e. The quantitative estimate of drug-likeness (QED) is 0.466. The van der Waals surface area contributed by atoms with Crippen LogP contribution in [0.4, 0.5) is 0 Å². The van der Waals surface area contributed by atoms with Gasteiger partial charge in [0.05, 0.1) is 11.7 Å². The fourth-order valence-corrected chi connectivity index (χ4v) is 3.61. The first-order chi connectivity index (χ1) is 14.7. The van der Waals surface area contributed by atoms with Crippen LogP contribution < -0.4 is 10.1 Å². The van der Waals surface area contributed by atoms with Crippen LogP contribution in [0.1, 0.15) is 78.4 Å². The van der Waals surface area contributed by atoms with Gasteiger partial charge in [-0.2, -0.15) is 5.10 Å². The largest absolute Gasteiger partial charge is 0.485 e. The predicted molar refractivity (Wildman–Crippen MR) is 122 cm³/mol. The number of nitrogens with one attached hydrogen (secondary N) is 1. The molecule has 7 heteroatoms. The number of aromatic nitrogens is 2. The van der Waals surface area contributed by atoms with E-state index in [-0.39, 0.29) is 30.2 Å². The van der Waals surface area contributed by atoms with Crippen molar-refractivity contribution in [2.24, 2.45) is 0 Å². The smallest absolute Gasteiger partial charge is 0.287 e. The van der Waals surface area contributed by atoms with Crippen LogP contribution in [0.25, 0.3) is 0 Å². The Hall–Kier alpha value is -2.73. The molecule has 0 fully saturated rings. The Morgan fingerprint density at radius 2 is 1.97 bits per heavy atom. The van der Waals surface area contributed by atoms with Gasteiger partial charge in [-0.05, 0) is 69.0 Å². The average Bonchev–Trinajstić information content (AvgIpc) is 3.34. The zero-order valence-corrected chi connectivity index (χ0v) is 19.7. The topological polar surface area (TPSA) is 69.3 Å². The van der Waals surface area contributed by atoms with Gasteiger partial charge in [0, 0.05) is 23.3 Å². The van der Waals surface area contributed by atoms with Crippen LogP contribution in [0.3, 0.4) is 0 Å². The lowest BCUT2D eigenvalue weighted by molar-refractivity contribution is 0.0907. The summed E-state index contributed by atoms with van der Waals surface area (Å²) in [7, 11) is 0. The molecule has 31 heavy (non-hydrogen) atoms. The summed E-state index contributed by atoms with van der Waals surface area (Å²) in [6.07, 6.45) is 1.96. The van der Waals surface area contributed by atoms with Crippen LogP contribution in [0, 0.1) is 13.8 Å². The second-order valence-electron chi connectivity index (χ2n) is 8.07. The Morgan fingerprint density at radius 1 is 1.23 bits per heavy atom. The summed E-state index contributed by atoms with van der Waals surface area (Å²) in [4.78, 5) is 12.6. The molecule has 0 aliphatic carbocycles. The molecular weight excluding hydrogens is 414 g/mol. The summed E-state index contributed by atoms with van der Waals surface area (Å²) >= 11 is 6.27. The summed E-state index contributed by atoms with van der Waals surface area (Å²) < 4.78 is 13.6. The number of hydrogen-bond acceptors (Lipinski definition) is 4. The zero-order chi connectivity index (χ0) is 22.7. The van der Waals surface area contributed by atoms with Crippen LogP contribution >= 0.6 is 11.6 Å². The lowest BCUT2D eigenvalue weighted by Gasteiger charge is -2.15. The number of carbonyl (C=O) groups is 1. The Labute approximate surface area is 188 Å². The van der Waals surface area contributed by atoms with Gasteiger partial charge >= 0.3 is 0 Å². The standard InChI is InChI=1S/C24H30ClN3O3/c1-7-28-12-20(17(6)27-28)16(5)26-24(29)22-9-8-18(31-22)13-30-23-10-15(4)21(25)11-19(23)14(2)3/h8-12,14,16H,7,13H2,1-6H3,(H,26,29). The van der Waals surface area contributed by atoms with Gasteiger partial charge in [0.2, 0.25) is 0 Å². The summed E-state index contributed by atoms with van der Waals surface area (Å²) in [5.74, 6) is 1.61. The molecule has 1 atom stereocenters. The van der Waals surface area contributed by atoms with E-state index >= 15 is 0 Å². The summed E-state index contributed by atoms with van der Waals surface area (Å²) in [5, 5.41) is 8.13. The Bertz CT molecular complexity index is 1070. The highest BCUT2D eigenvalue weighted by molar-refractivity contribution is 6.31. The number of nitrogens with zero attached hydrogens (tertiary/aromatic N) is 2. The maximum Gasteiger partial charge on any atom is 0.287 e. The Balaban J connectivity index is 1.66. The average molecular weight is 444 g/mol. The van der Waals surface area contributed by atoms with Crippen molar-refractivity contribution in [3.63, 3.8) is 0 Å². The molecule has 3 rings (SSSR count). The van der Waals surface area contributed by atoms with Crippen LogP contribution in [-0.2, 0) is 13.2 Å². The number of aryl methyl sites for hydroxylation is 3. The molecular formula is C24H30ClN3O3. The van der Waals surface area contributed by atoms with E-state index < -0.39 is 0 Å². The third-order valence-corrected chi connectivity index (χ3v) is 5.70. The molecule has 166 valence electrons. The van der Waals surface area contributed by atoms with E-state index in [4.69, 9.17) is 20.8 Å². The number of amides is 1. The molecule has 6 nitrogen and oxygen atoms in total. The number of carbonyl (C=O) groups excluding carboxylic acids is 1. The van der Waals surface area contributed by atoms with E-state index in [0.717, 1.165) is 39.7 Å². The van der Waals surface area contributed by atoms with Gasteiger partial charge in [0.1, 0.15) is 18.1 Å². The van der Waals surface area contributed by atoms with Crippen molar-refractivity contribution in [3.05, 3.63) is 69.4 Å². The molecule has 0 radical (unpaired) electrons. The first-order valence-electron chi connectivity index (χ1n) is 10.6. The van der Waals surface area contributed by atoms with Gasteiger partial charge in [-0.1, -0.05) is 25.4 Å². The molecule has 2 aromatic heterocycles. The van der Waals surface area contributed by atoms with E-state index in [2.05, 4.69) is 24.3 Å². The summed E-state index contributed by atoms with van der Waals surface area (Å²) in [6, 6.07) is 7.14. The van der Waals surface area contributed by atoms with Crippen molar-refractivity contribution in [1.82, 2.24) is 15.1 Å². The van der Waals surface area contributed by atoms with E-state index in [1.54, 1.807) is 12.1 Å².